The highest BCUT2D eigenvalue weighted by molar-refractivity contribution is 7.87. The van der Waals surface area contributed by atoms with E-state index < -0.39 is 10.1 Å². The Balaban J connectivity index is 1.66. The molecule has 0 aliphatic carbocycles. The van der Waals surface area contributed by atoms with Crippen LogP contribution in [0.3, 0.4) is 0 Å². The van der Waals surface area contributed by atoms with Crippen molar-refractivity contribution >= 4 is 16.0 Å². The van der Waals surface area contributed by atoms with E-state index in [1.54, 1.807) is 42.5 Å². The van der Waals surface area contributed by atoms with Gasteiger partial charge in [-0.3, -0.25) is 4.79 Å². The first-order valence-corrected chi connectivity index (χ1v) is 10.7. The maximum Gasteiger partial charge on any atom is 0.339 e. The second kappa shape index (κ2) is 8.92. The first kappa shape index (κ1) is 20.6. The Labute approximate surface area is 171 Å². The third kappa shape index (κ3) is 5.68. The van der Waals surface area contributed by atoms with Gasteiger partial charge in [0, 0.05) is 11.6 Å². The van der Waals surface area contributed by atoms with Crippen molar-refractivity contribution in [2.24, 2.45) is 0 Å². The van der Waals surface area contributed by atoms with Crippen molar-refractivity contribution in [2.45, 2.75) is 31.2 Å². The van der Waals surface area contributed by atoms with Gasteiger partial charge in [0.2, 0.25) is 0 Å². The summed E-state index contributed by atoms with van der Waals surface area (Å²) in [5.41, 5.74) is 2.43. The normalized spacial score (nSPS) is 12.2. The standard InChI is InChI=1S/C23H23NO4S/c1-17-11-13-22(14-12-17)29(26,27)28-21-10-6-7-19(16-21)15-18(2)24-23(25)20-8-4-3-5-9-20/h3-14,16,18H,15H2,1-2H3,(H,24,25). The Kier molecular flexibility index (Phi) is 6.34. The Bertz CT molecular complexity index is 1080. The number of carbonyl (C=O) groups excluding carboxylic acids is 1. The summed E-state index contributed by atoms with van der Waals surface area (Å²) in [5, 5.41) is 2.95. The molecule has 6 heteroatoms. The van der Waals surface area contributed by atoms with Gasteiger partial charge in [-0.1, -0.05) is 48.0 Å². The van der Waals surface area contributed by atoms with Crippen molar-refractivity contribution in [3.8, 4) is 5.75 Å². The van der Waals surface area contributed by atoms with E-state index in [-0.39, 0.29) is 22.6 Å². The van der Waals surface area contributed by atoms with Crippen LogP contribution in [0.2, 0.25) is 0 Å². The Morgan fingerprint density at radius 3 is 2.34 bits per heavy atom. The molecule has 3 aromatic rings. The van der Waals surface area contributed by atoms with E-state index in [0.717, 1.165) is 11.1 Å². The van der Waals surface area contributed by atoms with Crippen LogP contribution in [-0.2, 0) is 16.5 Å². The Morgan fingerprint density at radius 1 is 0.966 bits per heavy atom. The fraction of sp³-hybridized carbons (Fsp3) is 0.174. The van der Waals surface area contributed by atoms with Crippen LogP contribution < -0.4 is 9.50 Å². The molecule has 0 aliphatic heterocycles. The second-order valence-electron chi connectivity index (χ2n) is 6.94. The van der Waals surface area contributed by atoms with Crippen LogP contribution in [0.5, 0.6) is 5.75 Å². The summed E-state index contributed by atoms with van der Waals surface area (Å²) < 4.78 is 30.2. The smallest absolute Gasteiger partial charge is 0.339 e. The highest BCUT2D eigenvalue weighted by Crippen LogP contribution is 2.21. The minimum atomic E-state index is -3.90. The maximum absolute atomic E-state index is 12.5. The summed E-state index contributed by atoms with van der Waals surface area (Å²) in [6, 6.07) is 22.3. The lowest BCUT2D eigenvalue weighted by molar-refractivity contribution is 0.0940. The van der Waals surface area contributed by atoms with Gasteiger partial charge >= 0.3 is 10.1 Å². The zero-order valence-electron chi connectivity index (χ0n) is 16.3. The van der Waals surface area contributed by atoms with E-state index in [2.05, 4.69) is 5.32 Å². The van der Waals surface area contributed by atoms with Gasteiger partial charge < -0.3 is 9.50 Å². The predicted octanol–water partition coefficient (Wildman–Crippen LogP) is 4.12. The molecular weight excluding hydrogens is 386 g/mol. The van der Waals surface area contributed by atoms with Crippen LogP contribution in [0.25, 0.3) is 0 Å². The number of rotatable bonds is 7. The highest BCUT2D eigenvalue weighted by Gasteiger charge is 2.17. The Hall–Kier alpha value is -3.12. The van der Waals surface area contributed by atoms with Crippen LogP contribution in [0, 0.1) is 6.92 Å². The van der Waals surface area contributed by atoms with Crippen molar-refractivity contribution in [1.29, 1.82) is 0 Å². The minimum Gasteiger partial charge on any atom is -0.379 e. The lowest BCUT2D eigenvalue weighted by Gasteiger charge is -2.15. The van der Waals surface area contributed by atoms with E-state index in [9.17, 15) is 13.2 Å². The number of hydrogen-bond acceptors (Lipinski definition) is 4. The highest BCUT2D eigenvalue weighted by atomic mass is 32.2. The zero-order valence-corrected chi connectivity index (χ0v) is 17.1. The minimum absolute atomic E-state index is 0.108. The average Bonchev–Trinajstić information content (AvgIpc) is 2.69. The molecule has 5 nitrogen and oxygen atoms in total. The molecule has 1 atom stereocenters. The molecule has 0 fully saturated rings. The fourth-order valence-corrected chi connectivity index (χ4v) is 3.83. The van der Waals surface area contributed by atoms with Crippen LogP contribution in [0.1, 0.15) is 28.4 Å². The first-order valence-electron chi connectivity index (χ1n) is 9.29. The monoisotopic (exact) mass is 409 g/mol. The largest absolute Gasteiger partial charge is 0.379 e. The number of carbonyl (C=O) groups is 1. The number of benzene rings is 3. The van der Waals surface area contributed by atoms with Gasteiger partial charge in [0.15, 0.2) is 0 Å². The third-order valence-electron chi connectivity index (χ3n) is 4.37. The molecule has 29 heavy (non-hydrogen) atoms. The molecule has 0 radical (unpaired) electrons. The van der Waals surface area contributed by atoms with E-state index in [1.165, 1.54) is 12.1 Å². The third-order valence-corrected chi connectivity index (χ3v) is 5.63. The molecule has 0 saturated carbocycles. The van der Waals surface area contributed by atoms with E-state index >= 15 is 0 Å². The van der Waals surface area contributed by atoms with Gasteiger partial charge in [0.25, 0.3) is 5.91 Å². The van der Waals surface area contributed by atoms with E-state index in [0.29, 0.717) is 12.0 Å². The molecule has 0 bridgehead atoms. The van der Waals surface area contributed by atoms with Crippen LogP contribution in [-0.4, -0.2) is 20.4 Å². The van der Waals surface area contributed by atoms with Crippen molar-refractivity contribution in [3.63, 3.8) is 0 Å². The van der Waals surface area contributed by atoms with E-state index in [1.807, 2.05) is 38.1 Å². The quantitative estimate of drug-likeness (QED) is 0.596. The first-order chi connectivity index (χ1) is 13.8. The Morgan fingerprint density at radius 2 is 1.66 bits per heavy atom. The topological polar surface area (TPSA) is 72.5 Å². The summed E-state index contributed by atoms with van der Waals surface area (Å²) in [6.07, 6.45) is 0.542. The molecule has 0 spiro atoms. The fourth-order valence-electron chi connectivity index (χ4n) is 2.91. The summed E-state index contributed by atoms with van der Waals surface area (Å²) in [4.78, 5) is 12.4. The number of amides is 1. The zero-order chi connectivity index (χ0) is 20.9. The van der Waals surface area contributed by atoms with Gasteiger partial charge in [-0.25, -0.2) is 0 Å². The molecule has 150 valence electrons. The summed E-state index contributed by atoms with van der Waals surface area (Å²) in [7, 11) is -3.90. The van der Waals surface area contributed by atoms with Gasteiger partial charge in [0.05, 0.1) is 0 Å². The molecule has 1 amide bonds. The number of hydrogen-bond donors (Lipinski definition) is 1. The molecule has 1 unspecified atom stereocenters. The predicted molar refractivity (Wildman–Crippen MR) is 113 cm³/mol. The maximum atomic E-state index is 12.5. The van der Waals surface area contributed by atoms with Crippen molar-refractivity contribution in [1.82, 2.24) is 5.32 Å². The number of aryl methyl sites for hydroxylation is 1. The van der Waals surface area contributed by atoms with Gasteiger partial charge in [-0.05, 0) is 62.2 Å². The lowest BCUT2D eigenvalue weighted by atomic mass is 10.1. The SMILES string of the molecule is Cc1ccc(S(=O)(=O)Oc2cccc(CC(C)NC(=O)c3ccccc3)c2)cc1. The van der Waals surface area contributed by atoms with Crippen LogP contribution in [0.15, 0.2) is 83.8 Å². The van der Waals surface area contributed by atoms with Gasteiger partial charge in [-0.15, -0.1) is 0 Å². The summed E-state index contributed by atoms with van der Waals surface area (Å²) in [5.74, 6) is 0.0946. The second-order valence-corrected chi connectivity index (χ2v) is 8.49. The molecule has 0 heterocycles. The molecule has 0 aromatic heterocycles. The van der Waals surface area contributed by atoms with Crippen molar-refractivity contribution in [2.75, 3.05) is 0 Å². The van der Waals surface area contributed by atoms with Crippen molar-refractivity contribution in [3.05, 3.63) is 95.6 Å². The van der Waals surface area contributed by atoms with Gasteiger partial charge in [-0.2, -0.15) is 8.42 Å². The molecule has 1 N–H and O–H groups in total. The van der Waals surface area contributed by atoms with Gasteiger partial charge in [0.1, 0.15) is 10.6 Å². The summed E-state index contributed by atoms with van der Waals surface area (Å²) in [6.45, 7) is 3.79. The molecule has 3 aromatic carbocycles. The van der Waals surface area contributed by atoms with Crippen LogP contribution >= 0.6 is 0 Å². The molecule has 3 rings (SSSR count). The average molecular weight is 410 g/mol. The lowest BCUT2D eigenvalue weighted by Crippen LogP contribution is -2.34. The molecular formula is C23H23NO4S. The summed E-state index contributed by atoms with van der Waals surface area (Å²) >= 11 is 0. The van der Waals surface area contributed by atoms with Crippen LogP contribution in [0.4, 0.5) is 0 Å². The molecule has 0 saturated heterocycles. The van der Waals surface area contributed by atoms with E-state index in [4.69, 9.17) is 4.18 Å². The van der Waals surface area contributed by atoms with Crippen molar-refractivity contribution < 1.29 is 17.4 Å². The number of nitrogens with one attached hydrogen (secondary N) is 1. The molecule has 0 aliphatic rings.